The van der Waals surface area contributed by atoms with Crippen molar-refractivity contribution in [2.45, 2.75) is 31.2 Å². The number of oxazole rings is 2. The monoisotopic (exact) mass is 497 g/mol. The lowest BCUT2D eigenvalue weighted by Gasteiger charge is -2.07. The highest BCUT2D eigenvalue weighted by atomic mass is 32.2. The molecule has 8 heteroatoms. The van der Waals surface area contributed by atoms with Gasteiger partial charge in [-0.15, -0.1) is 0 Å². The molecule has 0 spiro atoms. The third-order valence-electron chi connectivity index (χ3n) is 5.50. The summed E-state index contributed by atoms with van der Waals surface area (Å²) in [5.41, 5.74) is 3.54. The zero-order valence-corrected chi connectivity index (χ0v) is 20.6. The van der Waals surface area contributed by atoms with Crippen LogP contribution in [0.5, 0.6) is 0 Å². The van der Waals surface area contributed by atoms with Gasteiger partial charge in [-0.2, -0.15) is 0 Å². The van der Waals surface area contributed by atoms with E-state index in [4.69, 9.17) is 13.6 Å². The molecule has 0 aliphatic carbocycles. The van der Waals surface area contributed by atoms with Gasteiger partial charge in [0.2, 0.25) is 11.8 Å². The van der Waals surface area contributed by atoms with Crippen molar-refractivity contribution >= 4 is 17.7 Å². The fourth-order valence-electron chi connectivity index (χ4n) is 3.54. The number of pyridine rings is 1. The van der Waals surface area contributed by atoms with E-state index < -0.39 is 5.97 Å². The maximum Gasteiger partial charge on any atom is 0.341 e. The van der Waals surface area contributed by atoms with Crippen LogP contribution in [-0.4, -0.2) is 20.9 Å². The van der Waals surface area contributed by atoms with Crippen LogP contribution < -0.4 is 0 Å². The van der Waals surface area contributed by atoms with E-state index >= 15 is 0 Å². The molecule has 0 aliphatic heterocycles. The van der Waals surface area contributed by atoms with Gasteiger partial charge in [-0.05, 0) is 50.2 Å². The summed E-state index contributed by atoms with van der Waals surface area (Å²) in [4.78, 5) is 26.5. The fourth-order valence-corrected chi connectivity index (χ4v) is 4.53. The molecule has 2 aromatic carbocycles. The average molecular weight is 498 g/mol. The first-order valence-corrected chi connectivity index (χ1v) is 12.4. The number of nitrogens with zero attached hydrogens (tertiary/aromatic N) is 3. The first-order chi connectivity index (χ1) is 17.6. The number of thioether (sulfide) groups is 1. The Morgan fingerprint density at radius 3 is 2.03 bits per heavy atom. The molecule has 0 saturated heterocycles. The van der Waals surface area contributed by atoms with Gasteiger partial charge in [0.05, 0.1) is 11.3 Å². The van der Waals surface area contributed by atoms with Crippen molar-refractivity contribution in [2.75, 3.05) is 0 Å². The quantitative estimate of drug-likeness (QED) is 0.174. The van der Waals surface area contributed by atoms with E-state index in [0.29, 0.717) is 39.6 Å². The summed E-state index contributed by atoms with van der Waals surface area (Å²) in [5, 5.41) is 0.563. The lowest BCUT2D eigenvalue weighted by atomic mass is 10.2. The molecule has 7 nitrogen and oxygen atoms in total. The number of carbonyl (C=O) groups is 1. The predicted molar refractivity (Wildman–Crippen MR) is 136 cm³/mol. The van der Waals surface area contributed by atoms with Crippen LogP contribution in [0.2, 0.25) is 0 Å². The SMILES string of the molecule is Cc1oc(-c2ccccc2)nc1COC(=O)c1cccnc1SCc1nc(-c2ccccc2)oc1C. The van der Waals surface area contributed by atoms with Crippen LogP contribution >= 0.6 is 11.8 Å². The number of carbonyl (C=O) groups excluding carboxylic acids is 1. The summed E-state index contributed by atoms with van der Waals surface area (Å²) in [6.45, 7) is 3.69. The van der Waals surface area contributed by atoms with Crippen molar-refractivity contribution in [1.29, 1.82) is 0 Å². The second-order valence-electron chi connectivity index (χ2n) is 8.00. The van der Waals surface area contributed by atoms with Crippen LogP contribution in [0, 0.1) is 13.8 Å². The van der Waals surface area contributed by atoms with Crippen molar-refractivity contribution < 1.29 is 18.4 Å². The molecule has 3 heterocycles. The Balaban J connectivity index is 1.26. The summed E-state index contributed by atoms with van der Waals surface area (Å²) in [6.07, 6.45) is 1.65. The lowest BCUT2D eigenvalue weighted by molar-refractivity contribution is 0.0462. The first kappa shape index (κ1) is 23.6. The van der Waals surface area contributed by atoms with E-state index in [0.717, 1.165) is 22.6 Å². The number of esters is 1. The Morgan fingerprint density at radius 1 is 0.806 bits per heavy atom. The van der Waals surface area contributed by atoms with Gasteiger partial charge in [0, 0.05) is 23.1 Å². The number of aryl methyl sites for hydroxylation is 2. The van der Waals surface area contributed by atoms with E-state index in [2.05, 4.69) is 15.0 Å². The second-order valence-corrected chi connectivity index (χ2v) is 8.96. The van der Waals surface area contributed by atoms with Crippen LogP contribution in [-0.2, 0) is 17.1 Å². The van der Waals surface area contributed by atoms with Crippen molar-refractivity contribution in [2.24, 2.45) is 0 Å². The first-order valence-electron chi connectivity index (χ1n) is 11.4. The minimum absolute atomic E-state index is 0.00281. The minimum atomic E-state index is -0.476. The van der Waals surface area contributed by atoms with Crippen LogP contribution in [0.3, 0.4) is 0 Å². The molecule has 0 atom stereocenters. The topological polar surface area (TPSA) is 91.2 Å². The molecule has 0 unspecified atom stereocenters. The molecular weight excluding hydrogens is 474 g/mol. The van der Waals surface area contributed by atoms with Gasteiger partial charge in [-0.3, -0.25) is 0 Å². The summed E-state index contributed by atoms with van der Waals surface area (Å²) in [7, 11) is 0. The summed E-state index contributed by atoms with van der Waals surface area (Å²) >= 11 is 1.41. The van der Waals surface area contributed by atoms with Crippen molar-refractivity contribution in [3.8, 4) is 22.9 Å². The van der Waals surface area contributed by atoms with Crippen molar-refractivity contribution in [3.63, 3.8) is 0 Å². The Hall–Kier alpha value is -4.17. The van der Waals surface area contributed by atoms with E-state index in [1.165, 1.54) is 11.8 Å². The molecule has 0 bridgehead atoms. The molecule has 5 aromatic rings. The second kappa shape index (κ2) is 10.6. The summed E-state index contributed by atoms with van der Waals surface area (Å²) < 4.78 is 17.2. The summed E-state index contributed by atoms with van der Waals surface area (Å²) in [5.74, 6) is 2.44. The molecule has 36 heavy (non-hydrogen) atoms. The number of hydrogen-bond acceptors (Lipinski definition) is 8. The molecule has 0 aliphatic rings. The number of benzene rings is 2. The van der Waals surface area contributed by atoms with Gasteiger partial charge < -0.3 is 13.6 Å². The molecule has 0 N–H and O–H groups in total. The number of hydrogen-bond donors (Lipinski definition) is 0. The zero-order chi connectivity index (χ0) is 24.9. The highest BCUT2D eigenvalue weighted by molar-refractivity contribution is 7.98. The highest BCUT2D eigenvalue weighted by Gasteiger charge is 2.19. The maximum atomic E-state index is 12.9. The van der Waals surface area contributed by atoms with Crippen LogP contribution in [0.4, 0.5) is 0 Å². The van der Waals surface area contributed by atoms with E-state index in [-0.39, 0.29) is 6.61 Å². The normalized spacial score (nSPS) is 10.9. The Bertz CT molecular complexity index is 1480. The molecule has 0 saturated carbocycles. The molecule has 3 aromatic heterocycles. The zero-order valence-electron chi connectivity index (χ0n) is 19.8. The molecule has 180 valence electrons. The van der Waals surface area contributed by atoms with Gasteiger partial charge in [0.25, 0.3) is 0 Å². The molecule has 0 radical (unpaired) electrons. The fraction of sp³-hybridized carbons (Fsp3) is 0.143. The summed E-state index contributed by atoms with van der Waals surface area (Å²) in [6, 6.07) is 22.7. The molecular formula is C28H23N3O4S. The van der Waals surface area contributed by atoms with Gasteiger partial charge in [0.1, 0.15) is 28.8 Å². The maximum absolute atomic E-state index is 12.9. The molecule has 0 fully saturated rings. The number of ether oxygens (including phenoxy) is 1. The third-order valence-corrected chi connectivity index (χ3v) is 6.52. The smallest absolute Gasteiger partial charge is 0.341 e. The largest absolute Gasteiger partial charge is 0.455 e. The van der Waals surface area contributed by atoms with Crippen LogP contribution in [0.25, 0.3) is 22.9 Å². The van der Waals surface area contributed by atoms with Gasteiger partial charge in [-0.25, -0.2) is 19.7 Å². The Kier molecular flexibility index (Phi) is 6.95. The van der Waals surface area contributed by atoms with Crippen LogP contribution in [0.15, 0.2) is 92.9 Å². The van der Waals surface area contributed by atoms with E-state index in [1.807, 2.05) is 67.6 Å². The Labute approximate surface area is 212 Å². The van der Waals surface area contributed by atoms with Gasteiger partial charge in [0.15, 0.2) is 0 Å². The molecule has 0 amide bonds. The van der Waals surface area contributed by atoms with Crippen LogP contribution in [0.1, 0.15) is 33.3 Å². The number of rotatable bonds is 8. The standard InChI is InChI=1S/C28H23N3O4S/c1-18-23(30-25(34-18)20-10-5-3-6-11-20)16-33-28(32)22-14-9-15-29-27(22)36-17-24-19(2)35-26(31-24)21-12-7-4-8-13-21/h3-15H,16-17H2,1-2H3. The van der Waals surface area contributed by atoms with Crippen molar-refractivity contribution in [3.05, 3.63) is 107 Å². The lowest BCUT2D eigenvalue weighted by Crippen LogP contribution is -2.08. The van der Waals surface area contributed by atoms with E-state index in [9.17, 15) is 4.79 Å². The number of aromatic nitrogens is 3. The Morgan fingerprint density at radius 2 is 1.39 bits per heavy atom. The predicted octanol–water partition coefficient (Wildman–Crippen LogP) is 6.66. The van der Waals surface area contributed by atoms with Crippen molar-refractivity contribution in [1.82, 2.24) is 15.0 Å². The van der Waals surface area contributed by atoms with Gasteiger partial charge >= 0.3 is 5.97 Å². The van der Waals surface area contributed by atoms with Gasteiger partial charge in [-0.1, -0.05) is 48.2 Å². The van der Waals surface area contributed by atoms with E-state index in [1.54, 1.807) is 25.3 Å². The minimum Gasteiger partial charge on any atom is -0.455 e. The highest BCUT2D eigenvalue weighted by Crippen LogP contribution is 2.29. The third kappa shape index (κ3) is 5.23. The average Bonchev–Trinajstić information content (AvgIpc) is 3.49. The molecule has 5 rings (SSSR count).